The van der Waals surface area contributed by atoms with Crippen molar-refractivity contribution >= 4 is 27.3 Å². The molecule has 7 nitrogen and oxygen atoms in total. The van der Waals surface area contributed by atoms with E-state index >= 15 is 0 Å². The van der Waals surface area contributed by atoms with Crippen LogP contribution >= 0.6 is 11.6 Å². The molecule has 0 fully saturated rings. The van der Waals surface area contributed by atoms with E-state index in [0.29, 0.717) is 13.0 Å². The van der Waals surface area contributed by atoms with E-state index in [4.69, 9.17) is 11.6 Å². The molecular weight excluding hydrogens is 378 g/mol. The minimum atomic E-state index is -3.91. The lowest BCUT2D eigenvalue weighted by atomic mass is 10.2. The number of nitrogens with one attached hydrogen (secondary N) is 1. The van der Waals surface area contributed by atoms with E-state index in [1.807, 2.05) is 37.4 Å². The number of benzene rings is 2. The molecule has 0 amide bonds. The van der Waals surface area contributed by atoms with Crippen molar-refractivity contribution in [1.29, 1.82) is 0 Å². The maximum absolute atomic E-state index is 12.3. The molecule has 0 saturated carbocycles. The van der Waals surface area contributed by atoms with Crippen LogP contribution in [0.3, 0.4) is 0 Å². The smallest absolute Gasteiger partial charge is 0.270 e. The first-order chi connectivity index (χ1) is 12.3. The predicted octanol–water partition coefficient (Wildman–Crippen LogP) is 3.05. The lowest BCUT2D eigenvalue weighted by Crippen LogP contribution is -2.28. The van der Waals surface area contributed by atoms with Crippen LogP contribution in [0.1, 0.15) is 12.0 Å². The summed E-state index contributed by atoms with van der Waals surface area (Å²) in [7, 11) is -1.95. The summed E-state index contributed by atoms with van der Waals surface area (Å²) in [6.07, 6.45) is 0.592. The standard InChI is InChI=1S/C17H20ClN3O4S/c1-20(13-14-6-3-2-4-7-14)11-5-10-19-26(24,25)17-12-15(21(22)23)8-9-16(17)18/h2-4,6-9,12,19H,5,10-11,13H2,1H3. The molecule has 0 atom stereocenters. The van der Waals surface area contributed by atoms with Crippen LogP contribution in [0.2, 0.25) is 5.02 Å². The molecule has 9 heteroatoms. The molecule has 0 aromatic heterocycles. The highest BCUT2D eigenvalue weighted by Crippen LogP contribution is 2.25. The van der Waals surface area contributed by atoms with Gasteiger partial charge >= 0.3 is 0 Å². The maximum atomic E-state index is 12.3. The van der Waals surface area contributed by atoms with E-state index in [1.54, 1.807) is 0 Å². The Balaban J connectivity index is 1.88. The molecule has 2 aromatic carbocycles. The van der Waals surface area contributed by atoms with E-state index in [9.17, 15) is 18.5 Å². The van der Waals surface area contributed by atoms with Crippen molar-refractivity contribution in [2.24, 2.45) is 0 Å². The molecule has 0 radical (unpaired) electrons. The minimum absolute atomic E-state index is 0.0516. The lowest BCUT2D eigenvalue weighted by molar-refractivity contribution is -0.385. The zero-order valence-corrected chi connectivity index (χ0v) is 15.8. The molecule has 140 valence electrons. The number of non-ortho nitro benzene ring substituents is 1. The van der Waals surface area contributed by atoms with E-state index < -0.39 is 14.9 Å². The van der Waals surface area contributed by atoms with Gasteiger partial charge in [0.2, 0.25) is 10.0 Å². The first kappa shape index (κ1) is 20.3. The third-order valence-electron chi connectivity index (χ3n) is 3.72. The van der Waals surface area contributed by atoms with Gasteiger partial charge in [0.15, 0.2) is 0 Å². The summed E-state index contributed by atoms with van der Waals surface area (Å²) in [6, 6.07) is 13.3. The highest BCUT2D eigenvalue weighted by molar-refractivity contribution is 7.89. The van der Waals surface area contributed by atoms with Gasteiger partial charge in [-0.3, -0.25) is 10.1 Å². The van der Waals surface area contributed by atoms with Gasteiger partial charge in [0, 0.05) is 25.2 Å². The maximum Gasteiger partial charge on any atom is 0.270 e. The molecule has 0 aliphatic heterocycles. The van der Waals surface area contributed by atoms with Crippen LogP contribution in [-0.2, 0) is 16.6 Å². The van der Waals surface area contributed by atoms with Crippen molar-refractivity contribution < 1.29 is 13.3 Å². The SMILES string of the molecule is CN(CCCNS(=O)(=O)c1cc([N+](=O)[O-])ccc1Cl)Cc1ccccc1. The molecule has 2 rings (SSSR count). The molecule has 0 unspecified atom stereocenters. The Morgan fingerprint density at radius 2 is 1.88 bits per heavy atom. The number of halogens is 1. The van der Waals surface area contributed by atoms with Gasteiger partial charge in [0.1, 0.15) is 4.90 Å². The molecular formula is C17H20ClN3O4S. The molecule has 0 saturated heterocycles. The summed E-state index contributed by atoms with van der Waals surface area (Å²) in [5, 5.41) is 10.8. The number of hydrogen-bond acceptors (Lipinski definition) is 5. The monoisotopic (exact) mass is 397 g/mol. The number of nitro groups is 1. The van der Waals surface area contributed by atoms with Crippen molar-refractivity contribution in [2.75, 3.05) is 20.1 Å². The summed E-state index contributed by atoms with van der Waals surface area (Å²) >= 11 is 5.89. The zero-order valence-electron chi connectivity index (χ0n) is 14.3. The normalized spacial score (nSPS) is 11.7. The first-order valence-electron chi connectivity index (χ1n) is 7.95. The fourth-order valence-electron chi connectivity index (χ4n) is 2.42. The highest BCUT2D eigenvalue weighted by atomic mass is 35.5. The summed E-state index contributed by atoms with van der Waals surface area (Å²) in [6.45, 7) is 1.67. The summed E-state index contributed by atoms with van der Waals surface area (Å²) in [5.74, 6) is 0. The Morgan fingerprint density at radius 3 is 2.54 bits per heavy atom. The molecule has 0 bridgehead atoms. The summed E-state index contributed by atoms with van der Waals surface area (Å²) in [5.41, 5.74) is 0.858. The van der Waals surface area contributed by atoms with Crippen LogP contribution < -0.4 is 4.72 Å². The Kier molecular flexibility index (Phi) is 7.10. The Labute approximate surface area is 157 Å². The van der Waals surface area contributed by atoms with E-state index in [0.717, 1.165) is 12.6 Å². The Bertz CT molecular complexity index is 860. The molecule has 0 heterocycles. The first-order valence-corrected chi connectivity index (χ1v) is 9.82. The van der Waals surface area contributed by atoms with Crippen LogP contribution in [0.25, 0.3) is 0 Å². The van der Waals surface area contributed by atoms with Crippen molar-refractivity contribution in [2.45, 2.75) is 17.9 Å². The molecule has 2 aromatic rings. The molecule has 0 aliphatic rings. The summed E-state index contributed by atoms with van der Waals surface area (Å²) in [4.78, 5) is 12.0. The molecule has 0 spiro atoms. The van der Waals surface area contributed by atoms with Crippen molar-refractivity contribution in [3.63, 3.8) is 0 Å². The second-order valence-electron chi connectivity index (χ2n) is 5.85. The van der Waals surface area contributed by atoms with Crippen LogP contribution in [0, 0.1) is 10.1 Å². The number of nitro benzene ring substituents is 1. The molecule has 1 N–H and O–H groups in total. The second-order valence-corrected chi connectivity index (χ2v) is 7.99. The lowest BCUT2D eigenvalue weighted by Gasteiger charge is -2.16. The van der Waals surface area contributed by atoms with Gasteiger partial charge in [0.05, 0.1) is 9.95 Å². The average molecular weight is 398 g/mol. The van der Waals surface area contributed by atoms with Crippen molar-refractivity contribution in [1.82, 2.24) is 9.62 Å². The number of hydrogen-bond donors (Lipinski definition) is 1. The minimum Gasteiger partial charge on any atom is -0.302 e. The van der Waals surface area contributed by atoms with Gasteiger partial charge in [0.25, 0.3) is 5.69 Å². The van der Waals surface area contributed by atoms with Crippen LogP contribution in [0.15, 0.2) is 53.4 Å². The third-order valence-corrected chi connectivity index (χ3v) is 5.66. The summed E-state index contributed by atoms with van der Waals surface area (Å²) < 4.78 is 27.1. The largest absolute Gasteiger partial charge is 0.302 e. The van der Waals surface area contributed by atoms with Crippen LogP contribution in [-0.4, -0.2) is 38.4 Å². The third kappa shape index (κ3) is 5.77. The Hall–Kier alpha value is -2.00. The highest BCUT2D eigenvalue weighted by Gasteiger charge is 2.21. The topological polar surface area (TPSA) is 92.6 Å². The zero-order chi connectivity index (χ0) is 19.2. The fourth-order valence-corrected chi connectivity index (χ4v) is 4.01. The van der Waals surface area contributed by atoms with E-state index in [1.165, 1.54) is 17.7 Å². The average Bonchev–Trinajstić information content (AvgIpc) is 2.59. The number of nitrogens with zero attached hydrogens (tertiary/aromatic N) is 2. The molecule has 26 heavy (non-hydrogen) atoms. The van der Waals surface area contributed by atoms with Gasteiger partial charge in [-0.1, -0.05) is 41.9 Å². The van der Waals surface area contributed by atoms with Crippen molar-refractivity contribution in [3.05, 3.63) is 69.2 Å². The number of rotatable bonds is 9. The van der Waals surface area contributed by atoms with E-state index in [-0.39, 0.29) is 22.2 Å². The van der Waals surface area contributed by atoms with E-state index in [2.05, 4.69) is 9.62 Å². The molecule has 0 aliphatic carbocycles. The van der Waals surface area contributed by atoms with Gasteiger partial charge in [-0.2, -0.15) is 0 Å². The van der Waals surface area contributed by atoms with Gasteiger partial charge < -0.3 is 4.90 Å². The van der Waals surface area contributed by atoms with Gasteiger partial charge in [-0.15, -0.1) is 0 Å². The Morgan fingerprint density at radius 1 is 1.19 bits per heavy atom. The quantitative estimate of drug-likeness (QED) is 0.399. The van der Waals surface area contributed by atoms with Crippen LogP contribution in [0.5, 0.6) is 0 Å². The fraction of sp³-hybridized carbons (Fsp3) is 0.294. The second kappa shape index (κ2) is 9.09. The number of sulfonamides is 1. The van der Waals surface area contributed by atoms with Gasteiger partial charge in [-0.25, -0.2) is 13.1 Å². The van der Waals surface area contributed by atoms with Gasteiger partial charge in [-0.05, 0) is 31.6 Å². The van der Waals surface area contributed by atoms with Crippen LogP contribution in [0.4, 0.5) is 5.69 Å². The predicted molar refractivity (Wildman–Crippen MR) is 101 cm³/mol. The van der Waals surface area contributed by atoms with Crippen molar-refractivity contribution in [3.8, 4) is 0 Å².